The minimum Gasteiger partial charge on any atom is -0.512 e. The fourth-order valence-corrected chi connectivity index (χ4v) is 1.95. The highest BCUT2D eigenvalue weighted by atomic mass is 16.3. The zero-order valence-electron chi connectivity index (χ0n) is 8.88. The molecule has 4 nitrogen and oxygen atoms in total. The number of hydrogen-bond donors (Lipinski definition) is 1. The lowest BCUT2D eigenvalue weighted by molar-refractivity contribution is 0.404. The molecule has 0 radical (unpaired) electrons. The van der Waals surface area contributed by atoms with Gasteiger partial charge in [-0.2, -0.15) is 0 Å². The molecule has 0 aliphatic heterocycles. The number of fused-ring (bicyclic) bond motifs is 1. The molecule has 3 rings (SSSR count). The quantitative estimate of drug-likeness (QED) is 0.791. The minimum atomic E-state index is 0.391. The van der Waals surface area contributed by atoms with Gasteiger partial charge in [0.05, 0.1) is 11.5 Å². The number of nitrogens with zero attached hydrogens (tertiary/aromatic N) is 3. The van der Waals surface area contributed by atoms with E-state index < -0.39 is 0 Å². The normalized spacial score (nSPS) is 15.3. The maximum absolute atomic E-state index is 9.39. The molecule has 0 saturated carbocycles. The maximum Gasteiger partial charge on any atom is 0.148 e. The van der Waals surface area contributed by atoms with Crippen LogP contribution in [-0.2, 0) is 0 Å². The molecule has 4 heteroatoms. The molecule has 0 atom stereocenters. The second-order valence-electron chi connectivity index (χ2n) is 3.85. The van der Waals surface area contributed by atoms with Gasteiger partial charge in [0, 0.05) is 23.7 Å². The number of aliphatic hydroxyl groups excluding tert-OH is 1. The molecule has 1 aliphatic carbocycles. The fourth-order valence-electron chi connectivity index (χ4n) is 1.95. The molecule has 2 aromatic heterocycles. The first-order valence-corrected chi connectivity index (χ1v) is 5.14. The average molecular weight is 213 g/mol. The van der Waals surface area contributed by atoms with E-state index in [1.54, 1.807) is 12.4 Å². The smallest absolute Gasteiger partial charge is 0.148 e. The number of aryl methyl sites for hydroxylation is 1. The lowest BCUT2D eigenvalue weighted by Crippen LogP contribution is -1.94. The van der Waals surface area contributed by atoms with E-state index in [1.807, 2.05) is 29.8 Å². The van der Waals surface area contributed by atoms with Crippen molar-refractivity contribution in [1.29, 1.82) is 0 Å². The molecule has 2 heterocycles. The average Bonchev–Trinajstić information content (AvgIpc) is 2.84. The van der Waals surface area contributed by atoms with Crippen molar-refractivity contribution in [2.75, 3.05) is 0 Å². The third kappa shape index (κ3) is 1.23. The van der Waals surface area contributed by atoms with E-state index in [0.29, 0.717) is 12.2 Å². The van der Waals surface area contributed by atoms with Crippen LogP contribution in [0.25, 0.3) is 16.7 Å². The number of allylic oxidation sites excluding steroid dienone is 3. The number of aromatic nitrogens is 3. The number of aliphatic hydroxyl groups is 1. The first-order chi connectivity index (χ1) is 7.75. The lowest BCUT2D eigenvalue weighted by Gasteiger charge is -2.02. The molecule has 16 heavy (non-hydrogen) atoms. The van der Waals surface area contributed by atoms with Crippen LogP contribution >= 0.6 is 0 Å². The van der Waals surface area contributed by atoms with E-state index in [0.717, 1.165) is 22.4 Å². The summed E-state index contributed by atoms with van der Waals surface area (Å²) in [6.45, 7) is 1.96. The predicted molar refractivity (Wildman–Crippen MR) is 61.9 cm³/mol. The van der Waals surface area contributed by atoms with E-state index in [-0.39, 0.29) is 0 Å². The van der Waals surface area contributed by atoms with Crippen LogP contribution in [0.1, 0.15) is 12.1 Å². The summed E-state index contributed by atoms with van der Waals surface area (Å²) in [5.41, 5.74) is 2.81. The monoisotopic (exact) mass is 213 g/mol. The molecule has 1 aliphatic rings. The second-order valence-corrected chi connectivity index (χ2v) is 3.85. The van der Waals surface area contributed by atoms with E-state index in [9.17, 15) is 5.11 Å². The fraction of sp³-hybridized carbons (Fsp3) is 0.167. The Hall–Kier alpha value is -2.10. The Labute approximate surface area is 92.6 Å². The van der Waals surface area contributed by atoms with Gasteiger partial charge in [-0.3, -0.25) is 0 Å². The molecule has 0 spiro atoms. The van der Waals surface area contributed by atoms with Gasteiger partial charge in [0.2, 0.25) is 0 Å². The van der Waals surface area contributed by atoms with Crippen LogP contribution in [0, 0.1) is 6.92 Å². The molecule has 1 N–H and O–H groups in total. The summed E-state index contributed by atoms with van der Waals surface area (Å²) in [5.74, 6) is 0.391. The Morgan fingerprint density at radius 3 is 3.00 bits per heavy atom. The van der Waals surface area contributed by atoms with Crippen molar-refractivity contribution in [3.63, 3.8) is 0 Å². The topological polar surface area (TPSA) is 50.9 Å². The first kappa shape index (κ1) is 9.15. The van der Waals surface area contributed by atoms with Crippen LogP contribution in [0.2, 0.25) is 0 Å². The second kappa shape index (κ2) is 3.20. The molecule has 0 saturated heterocycles. The SMILES string of the molecule is Cc1ncnc2c1ccn2C1=CCC(O)=C1. The predicted octanol–water partition coefficient (Wildman–Crippen LogP) is 2.43. The lowest BCUT2D eigenvalue weighted by atomic mass is 10.3. The van der Waals surface area contributed by atoms with Crippen LogP contribution in [0.3, 0.4) is 0 Å². The molecular formula is C12H11N3O. The van der Waals surface area contributed by atoms with Crippen molar-refractivity contribution >= 4 is 16.7 Å². The highest BCUT2D eigenvalue weighted by Crippen LogP contribution is 2.24. The molecule has 0 unspecified atom stereocenters. The van der Waals surface area contributed by atoms with Crippen molar-refractivity contribution in [3.05, 3.63) is 42.2 Å². The Balaban J connectivity index is 2.23. The molecule has 0 fully saturated rings. The summed E-state index contributed by atoms with van der Waals surface area (Å²) in [5, 5.41) is 10.4. The van der Waals surface area contributed by atoms with Gasteiger partial charge in [0.1, 0.15) is 12.0 Å². The van der Waals surface area contributed by atoms with Gasteiger partial charge in [0.25, 0.3) is 0 Å². The maximum atomic E-state index is 9.39. The van der Waals surface area contributed by atoms with Gasteiger partial charge in [-0.05, 0) is 19.1 Å². The van der Waals surface area contributed by atoms with Gasteiger partial charge in [-0.1, -0.05) is 6.08 Å². The summed E-state index contributed by atoms with van der Waals surface area (Å²) in [6.07, 6.45) is 7.85. The number of rotatable bonds is 1. The third-order valence-corrected chi connectivity index (χ3v) is 2.79. The van der Waals surface area contributed by atoms with Crippen LogP contribution in [-0.4, -0.2) is 19.6 Å². The molecule has 2 aromatic rings. The van der Waals surface area contributed by atoms with Gasteiger partial charge >= 0.3 is 0 Å². The van der Waals surface area contributed by atoms with Gasteiger partial charge < -0.3 is 9.67 Å². The largest absolute Gasteiger partial charge is 0.512 e. The van der Waals surface area contributed by atoms with Gasteiger partial charge in [0.15, 0.2) is 0 Å². The summed E-state index contributed by atoms with van der Waals surface area (Å²) < 4.78 is 1.97. The van der Waals surface area contributed by atoms with Crippen molar-refractivity contribution < 1.29 is 5.11 Å². The zero-order chi connectivity index (χ0) is 11.1. The van der Waals surface area contributed by atoms with Crippen LogP contribution in [0.15, 0.2) is 36.5 Å². The molecule has 0 amide bonds. The third-order valence-electron chi connectivity index (χ3n) is 2.79. The standard InChI is InChI=1S/C12H11N3O/c1-8-11-4-5-15(12(11)14-7-13-8)9-2-3-10(16)6-9/h2,4-7,16H,3H2,1H3. The first-order valence-electron chi connectivity index (χ1n) is 5.14. The highest BCUT2D eigenvalue weighted by Gasteiger charge is 2.11. The van der Waals surface area contributed by atoms with E-state index in [1.165, 1.54) is 0 Å². The van der Waals surface area contributed by atoms with Crippen molar-refractivity contribution in [2.45, 2.75) is 13.3 Å². The van der Waals surface area contributed by atoms with E-state index in [2.05, 4.69) is 9.97 Å². The summed E-state index contributed by atoms with van der Waals surface area (Å²) >= 11 is 0. The van der Waals surface area contributed by atoms with Crippen molar-refractivity contribution in [1.82, 2.24) is 14.5 Å². The number of hydrogen-bond acceptors (Lipinski definition) is 3. The van der Waals surface area contributed by atoms with E-state index >= 15 is 0 Å². The van der Waals surface area contributed by atoms with Crippen LogP contribution in [0.5, 0.6) is 0 Å². The zero-order valence-corrected chi connectivity index (χ0v) is 8.88. The molecule has 80 valence electrons. The Morgan fingerprint density at radius 2 is 2.25 bits per heavy atom. The Bertz CT molecular complexity index is 622. The Morgan fingerprint density at radius 1 is 1.38 bits per heavy atom. The van der Waals surface area contributed by atoms with Crippen molar-refractivity contribution in [2.24, 2.45) is 0 Å². The van der Waals surface area contributed by atoms with Gasteiger partial charge in [-0.25, -0.2) is 9.97 Å². The minimum absolute atomic E-state index is 0.391. The van der Waals surface area contributed by atoms with Gasteiger partial charge in [-0.15, -0.1) is 0 Å². The summed E-state index contributed by atoms with van der Waals surface area (Å²) in [6, 6.07) is 1.99. The van der Waals surface area contributed by atoms with Crippen LogP contribution in [0.4, 0.5) is 0 Å². The van der Waals surface area contributed by atoms with Crippen molar-refractivity contribution in [3.8, 4) is 0 Å². The molecule has 0 aromatic carbocycles. The Kier molecular flexibility index (Phi) is 1.83. The summed E-state index contributed by atoms with van der Waals surface area (Å²) in [4.78, 5) is 8.43. The highest BCUT2D eigenvalue weighted by molar-refractivity contribution is 5.83. The molecular weight excluding hydrogens is 202 g/mol. The molecule has 0 bridgehead atoms. The van der Waals surface area contributed by atoms with E-state index in [4.69, 9.17) is 0 Å². The summed E-state index contributed by atoms with van der Waals surface area (Å²) in [7, 11) is 0. The van der Waals surface area contributed by atoms with Crippen LogP contribution < -0.4 is 0 Å².